The SMILES string of the molecule is O=C(O)CN(CN1C(=O)CCC1=O)CN1C(=O)CCC1=O. The van der Waals surface area contributed by atoms with E-state index in [2.05, 4.69) is 0 Å². The first-order valence-electron chi connectivity index (χ1n) is 6.49. The monoisotopic (exact) mass is 297 g/mol. The first-order valence-corrected chi connectivity index (χ1v) is 6.49. The molecule has 0 aliphatic carbocycles. The van der Waals surface area contributed by atoms with Crippen LogP contribution in [0.3, 0.4) is 0 Å². The van der Waals surface area contributed by atoms with Crippen molar-refractivity contribution >= 4 is 29.6 Å². The van der Waals surface area contributed by atoms with Gasteiger partial charge in [-0.05, 0) is 0 Å². The van der Waals surface area contributed by atoms with E-state index in [1.54, 1.807) is 0 Å². The zero-order valence-corrected chi connectivity index (χ0v) is 11.3. The van der Waals surface area contributed by atoms with Crippen LogP contribution in [0, 0.1) is 0 Å². The third-order valence-electron chi connectivity index (χ3n) is 3.35. The van der Waals surface area contributed by atoms with Gasteiger partial charge in [0.25, 0.3) is 0 Å². The number of carbonyl (C=O) groups excluding carboxylic acids is 4. The molecule has 9 nitrogen and oxygen atoms in total. The molecule has 0 bridgehead atoms. The van der Waals surface area contributed by atoms with Crippen LogP contribution < -0.4 is 0 Å². The molecule has 114 valence electrons. The largest absolute Gasteiger partial charge is 0.480 e. The highest BCUT2D eigenvalue weighted by molar-refractivity contribution is 6.02. The molecule has 0 aromatic heterocycles. The van der Waals surface area contributed by atoms with Gasteiger partial charge < -0.3 is 5.11 Å². The number of carbonyl (C=O) groups is 5. The Kier molecular flexibility index (Phi) is 4.32. The van der Waals surface area contributed by atoms with Gasteiger partial charge in [-0.1, -0.05) is 0 Å². The highest BCUT2D eigenvalue weighted by Gasteiger charge is 2.34. The summed E-state index contributed by atoms with van der Waals surface area (Å²) in [5, 5.41) is 8.88. The molecule has 1 N–H and O–H groups in total. The zero-order chi connectivity index (χ0) is 15.6. The summed E-state index contributed by atoms with van der Waals surface area (Å²) in [6, 6.07) is 0. The molecular formula is C12H15N3O6. The second kappa shape index (κ2) is 6.00. The van der Waals surface area contributed by atoms with Gasteiger partial charge in [-0.3, -0.25) is 38.7 Å². The van der Waals surface area contributed by atoms with E-state index < -0.39 is 12.5 Å². The van der Waals surface area contributed by atoms with Crippen LogP contribution in [0.4, 0.5) is 0 Å². The second-order valence-electron chi connectivity index (χ2n) is 4.94. The van der Waals surface area contributed by atoms with E-state index in [4.69, 9.17) is 5.11 Å². The van der Waals surface area contributed by atoms with Crippen LogP contribution in [0.25, 0.3) is 0 Å². The summed E-state index contributed by atoms with van der Waals surface area (Å²) in [5.74, 6) is -2.69. The average Bonchev–Trinajstić information content (AvgIpc) is 2.88. The summed E-state index contributed by atoms with van der Waals surface area (Å²) < 4.78 is 0. The average molecular weight is 297 g/mol. The van der Waals surface area contributed by atoms with E-state index in [-0.39, 0.29) is 62.6 Å². The van der Waals surface area contributed by atoms with Crippen molar-refractivity contribution < 1.29 is 29.1 Å². The number of likely N-dealkylation sites (tertiary alicyclic amines) is 2. The van der Waals surface area contributed by atoms with E-state index in [9.17, 15) is 24.0 Å². The van der Waals surface area contributed by atoms with Gasteiger partial charge in [0.05, 0.1) is 19.9 Å². The number of hydrogen-bond acceptors (Lipinski definition) is 6. The molecule has 2 heterocycles. The van der Waals surface area contributed by atoms with Crippen molar-refractivity contribution in [3.05, 3.63) is 0 Å². The van der Waals surface area contributed by atoms with Gasteiger partial charge in [0.1, 0.15) is 0 Å². The molecule has 0 aromatic rings. The zero-order valence-electron chi connectivity index (χ0n) is 11.3. The number of nitrogens with zero attached hydrogens (tertiary/aromatic N) is 3. The van der Waals surface area contributed by atoms with Crippen LogP contribution in [0.2, 0.25) is 0 Å². The van der Waals surface area contributed by atoms with Crippen LogP contribution in [-0.2, 0) is 24.0 Å². The molecule has 2 saturated heterocycles. The van der Waals surface area contributed by atoms with Crippen molar-refractivity contribution in [1.29, 1.82) is 0 Å². The molecule has 2 rings (SSSR count). The standard InChI is InChI=1S/C12H15N3O6/c16-8-1-2-9(17)14(8)6-13(5-12(20)21)7-15-10(18)3-4-11(15)19/h1-7H2,(H,20,21). The lowest BCUT2D eigenvalue weighted by Gasteiger charge is -2.28. The van der Waals surface area contributed by atoms with Gasteiger partial charge in [0, 0.05) is 25.7 Å². The molecule has 0 aromatic carbocycles. The minimum absolute atomic E-state index is 0.0985. The summed E-state index contributed by atoms with van der Waals surface area (Å²) in [5.41, 5.74) is 0. The smallest absolute Gasteiger partial charge is 0.317 e. The van der Waals surface area contributed by atoms with Gasteiger partial charge >= 0.3 is 5.97 Å². The molecule has 0 saturated carbocycles. The molecule has 9 heteroatoms. The molecule has 4 amide bonds. The molecule has 21 heavy (non-hydrogen) atoms. The third kappa shape index (κ3) is 3.43. The fourth-order valence-electron chi connectivity index (χ4n) is 2.30. The fraction of sp³-hybridized carbons (Fsp3) is 0.583. The van der Waals surface area contributed by atoms with Crippen molar-refractivity contribution in [2.75, 3.05) is 19.9 Å². The molecule has 2 fully saturated rings. The maximum absolute atomic E-state index is 11.6. The molecule has 2 aliphatic rings. The number of carboxylic acid groups (broad SMARTS) is 1. The molecule has 0 atom stereocenters. The molecule has 0 radical (unpaired) electrons. The Morgan fingerprint density at radius 1 is 0.857 bits per heavy atom. The number of rotatable bonds is 6. The highest BCUT2D eigenvalue weighted by atomic mass is 16.4. The van der Waals surface area contributed by atoms with E-state index in [1.165, 1.54) is 4.90 Å². The van der Waals surface area contributed by atoms with Gasteiger partial charge in [0.2, 0.25) is 23.6 Å². The van der Waals surface area contributed by atoms with Gasteiger partial charge in [-0.2, -0.15) is 0 Å². The summed E-state index contributed by atoms with van der Waals surface area (Å²) >= 11 is 0. The van der Waals surface area contributed by atoms with Crippen LogP contribution in [0.5, 0.6) is 0 Å². The first kappa shape index (κ1) is 15.1. The minimum Gasteiger partial charge on any atom is -0.480 e. The van der Waals surface area contributed by atoms with E-state index >= 15 is 0 Å². The predicted octanol–water partition coefficient (Wildman–Crippen LogP) is -1.41. The predicted molar refractivity (Wildman–Crippen MR) is 66.2 cm³/mol. The van der Waals surface area contributed by atoms with E-state index in [1.807, 2.05) is 0 Å². The van der Waals surface area contributed by atoms with Crippen LogP contribution in [0.15, 0.2) is 0 Å². The Labute approximate surface area is 120 Å². The van der Waals surface area contributed by atoms with Crippen molar-refractivity contribution in [1.82, 2.24) is 14.7 Å². The van der Waals surface area contributed by atoms with Crippen LogP contribution >= 0.6 is 0 Å². The van der Waals surface area contributed by atoms with Gasteiger partial charge in [0.15, 0.2) is 0 Å². The van der Waals surface area contributed by atoms with E-state index in [0.717, 1.165) is 9.80 Å². The highest BCUT2D eigenvalue weighted by Crippen LogP contribution is 2.15. The molecular weight excluding hydrogens is 282 g/mol. The Hall–Kier alpha value is -2.29. The van der Waals surface area contributed by atoms with Crippen LogP contribution in [0.1, 0.15) is 25.7 Å². The number of imide groups is 2. The van der Waals surface area contributed by atoms with Crippen LogP contribution in [-0.4, -0.2) is 69.3 Å². The van der Waals surface area contributed by atoms with Crippen molar-refractivity contribution in [3.63, 3.8) is 0 Å². The summed E-state index contributed by atoms with van der Waals surface area (Å²) in [6.07, 6.45) is 0.394. The summed E-state index contributed by atoms with van der Waals surface area (Å²) in [4.78, 5) is 60.2. The lowest BCUT2D eigenvalue weighted by atomic mass is 10.4. The Morgan fingerprint density at radius 3 is 1.48 bits per heavy atom. The van der Waals surface area contributed by atoms with Gasteiger partial charge in [-0.25, -0.2) is 0 Å². The maximum atomic E-state index is 11.6. The molecule has 0 spiro atoms. The maximum Gasteiger partial charge on any atom is 0.317 e. The number of aliphatic carboxylic acids is 1. The first-order chi connectivity index (χ1) is 9.88. The van der Waals surface area contributed by atoms with E-state index in [0.29, 0.717) is 0 Å². The molecule has 2 aliphatic heterocycles. The lowest BCUT2D eigenvalue weighted by Crippen LogP contribution is -2.48. The summed E-state index contributed by atoms with van der Waals surface area (Å²) in [6.45, 7) is -0.948. The van der Waals surface area contributed by atoms with Gasteiger partial charge in [-0.15, -0.1) is 0 Å². The summed E-state index contributed by atoms with van der Waals surface area (Å²) in [7, 11) is 0. The lowest BCUT2D eigenvalue weighted by molar-refractivity contribution is -0.149. The number of hydrogen-bond donors (Lipinski definition) is 1. The topological polar surface area (TPSA) is 115 Å². The van der Waals surface area contributed by atoms with Crippen molar-refractivity contribution in [2.45, 2.75) is 25.7 Å². The number of amides is 4. The Morgan fingerprint density at radius 2 is 1.19 bits per heavy atom. The Bertz CT molecular complexity index is 447. The molecule has 0 unspecified atom stereocenters. The second-order valence-corrected chi connectivity index (χ2v) is 4.94. The Balaban J connectivity index is 2.05. The van der Waals surface area contributed by atoms with Crippen molar-refractivity contribution in [2.24, 2.45) is 0 Å². The minimum atomic E-state index is -1.17. The van der Waals surface area contributed by atoms with Crippen molar-refractivity contribution in [3.8, 4) is 0 Å². The quantitative estimate of drug-likeness (QED) is 0.598. The third-order valence-corrected chi connectivity index (χ3v) is 3.35. The fourth-order valence-corrected chi connectivity index (χ4v) is 2.30. The normalized spacial score (nSPS) is 19.3. The number of carboxylic acids is 1.